The first-order valence-electron chi connectivity index (χ1n) is 11.1. The molecule has 1 aromatic carbocycles. The minimum absolute atomic E-state index is 0.135. The highest BCUT2D eigenvalue weighted by Gasteiger charge is 2.41. The average molecular weight is 485 g/mol. The zero-order chi connectivity index (χ0) is 24.5. The number of hydrogen-bond acceptors (Lipinski definition) is 5. The number of aryl methyl sites for hydroxylation is 1. The summed E-state index contributed by atoms with van der Waals surface area (Å²) >= 11 is 1.22. The van der Waals surface area contributed by atoms with Crippen molar-refractivity contribution in [3.8, 4) is 17.6 Å². The Labute approximate surface area is 199 Å². The number of carboxylic acids is 1. The summed E-state index contributed by atoms with van der Waals surface area (Å²) in [5.74, 6) is 4.69. The van der Waals surface area contributed by atoms with Crippen molar-refractivity contribution in [3.63, 3.8) is 0 Å². The van der Waals surface area contributed by atoms with E-state index in [2.05, 4.69) is 11.8 Å². The van der Waals surface area contributed by atoms with E-state index in [1.165, 1.54) is 28.9 Å². The van der Waals surface area contributed by atoms with E-state index < -0.39 is 28.5 Å². The van der Waals surface area contributed by atoms with Gasteiger partial charge in [0.05, 0.1) is 17.4 Å². The summed E-state index contributed by atoms with van der Waals surface area (Å²) in [6, 6.07) is 4.63. The fraction of sp³-hybridized carbons (Fsp3) is 0.400. The number of aliphatic carboxylic acids is 1. The van der Waals surface area contributed by atoms with Crippen molar-refractivity contribution in [2.24, 2.45) is 5.41 Å². The van der Waals surface area contributed by atoms with Crippen molar-refractivity contribution in [1.82, 2.24) is 8.97 Å². The number of aromatic nitrogens is 2. The fourth-order valence-corrected chi connectivity index (χ4v) is 5.45. The van der Waals surface area contributed by atoms with Crippen LogP contribution in [0.25, 0.3) is 4.83 Å². The second-order valence-electron chi connectivity index (χ2n) is 8.66. The maximum Gasteiger partial charge on any atom is 0.336 e. The Balaban J connectivity index is 1.67. The molecule has 4 rings (SSSR count). The zero-order valence-electron chi connectivity index (χ0n) is 19.0. The summed E-state index contributed by atoms with van der Waals surface area (Å²) in [4.78, 5) is 39.3. The lowest BCUT2D eigenvalue weighted by atomic mass is 9.74. The lowest BCUT2D eigenvalue weighted by Gasteiger charge is -2.33. The molecule has 1 aliphatic rings. The van der Waals surface area contributed by atoms with E-state index in [0.29, 0.717) is 40.1 Å². The molecular weight excluding hydrogens is 459 g/mol. The summed E-state index contributed by atoms with van der Waals surface area (Å²) in [5, 5.41) is 9.89. The van der Waals surface area contributed by atoms with Crippen molar-refractivity contribution < 1.29 is 19.0 Å². The molecule has 1 aliphatic carbocycles. The van der Waals surface area contributed by atoms with Crippen LogP contribution >= 0.6 is 11.3 Å². The van der Waals surface area contributed by atoms with Crippen molar-refractivity contribution in [3.05, 3.63) is 67.1 Å². The van der Waals surface area contributed by atoms with Crippen LogP contribution in [0.5, 0.6) is 5.75 Å². The summed E-state index contributed by atoms with van der Waals surface area (Å²) < 4.78 is 21.2. The predicted octanol–water partition coefficient (Wildman–Crippen LogP) is 3.61. The second-order valence-corrected chi connectivity index (χ2v) is 9.69. The molecule has 1 fully saturated rings. The number of carboxylic acid groups (broad SMARTS) is 1. The first-order valence-corrected chi connectivity index (χ1v) is 11.9. The number of rotatable bonds is 5. The number of halogens is 1. The third-order valence-electron chi connectivity index (χ3n) is 6.44. The Morgan fingerprint density at radius 2 is 2.00 bits per heavy atom. The predicted molar refractivity (Wildman–Crippen MR) is 127 cm³/mol. The Hall–Kier alpha value is -3.38. The van der Waals surface area contributed by atoms with Crippen LogP contribution in [-0.4, -0.2) is 27.2 Å². The molecule has 0 radical (unpaired) electrons. The van der Waals surface area contributed by atoms with E-state index >= 15 is 0 Å². The van der Waals surface area contributed by atoms with Crippen LogP contribution in [0.4, 0.5) is 4.39 Å². The van der Waals surface area contributed by atoms with Crippen molar-refractivity contribution in [2.45, 2.75) is 52.0 Å². The first kappa shape index (κ1) is 23.8. The summed E-state index contributed by atoms with van der Waals surface area (Å²) in [6.07, 6.45) is 5.25. The van der Waals surface area contributed by atoms with Gasteiger partial charge in [-0.1, -0.05) is 37.2 Å². The number of thiazole rings is 1. The van der Waals surface area contributed by atoms with Crippen LogP contribution in [0.3, 0.4) is 0 Å². The van der Waals surface area contributed by atoms with Gasteiger partial charge in [0, 0.05) is 24.7 Å². The van der Waals surface area contributed by atoms with Gasteiger partial charge in [0.1, 0.15) is 4.83 Å². The molecule has 0 amide bonds. The largest absolute Gasteiger partial charge is 0.494 e. The SMILES string of the molecule is COc1ccc(CC#Cc2cn3c(=O)n(CC4(C(=O)O)CCCCC4)c(=O)c(C)c3s2)cc1F. The van der Waals surface area contributed by atoms with E-state index in [1.54, 1.807) is 25.3 Å². The highest BCUT2D eigenvalue weighted by molar-refractivity contribution is 7.18. The number of benzene rings is 1. The molecule has 1 N–H and O–H groups in total. The lowest BCUT2D eigenvalue weighted by molar-refractivity contribution is -0.152. The van der Waals surface area contributed by atoms with E-state index in [4.69, 9.17) is 4.74 Å². The fourth-order valence-electron chi connectivity index (χ4n) is 4.49. The molecule has 34 heavy (non-hydrogen) atoms. The molecule has 2 aromatic heterocycles. The minimum Gasteiger partial charge on any atom is -0.494 e. The van der Waals surface area contributed by atoms with Crippen LogP contribution in [0.2, 0.25) is 0 Å². The van der Waals surface area contributed by atoms with Crippen LogP contribution in [-0.2, 0) is 17.8 Å². The molecule has 7 nitrogen and oxygen atoms in total. The van der Waals surface area contributed by atoms with Gasteiger partial charge in [-0.15, -0.1) is 11.3 Å². The number of carbonyl (C=O) groups is 1. The monoisotopic (exact) mass is 484 g/mol. The number of fused-ring (bicyclic) bond motifs is 1. The maximum absolute atomic E-state index is 13.9. The van der Waals surface area contributed by atoms with Gasteiger partial charge in [-0.25, -0.2) is 9.18 Å². The molecule has 0 bridgehead atoms. The second kappa shape index (κ2) is 9.47. The van der Waals surface area contributed by atoms with Crippen molar-refractivity contribution >= 4 is 22.1 Å². The smallest absolute Gasteiger partial charge is 0.336 e. The minimum atomic E-state index is -1.10. The molecule has 178 valence electrons. The molecule has 2 heterocycles. The van der Waals surface area contributed by atoms with E-state index in [1.807, 2.05) is 0 Å². The van der Waals surface area contributed by atoms with Gasteiger partial charge in [0.15, 0.2) is 11.6 Å². The molecule has 3 aromatic rings. The average Bonchev–Trinajstić information content (AvgIpc) is 3.26. The third-order valence-corrected chi connectivity index (χ3v) is 7.56. The van der Waals surface area contributed by atoms with Gasteiger partial charge in [-0.05, 0) is 37.5 Å². The van der Waals surface area contributed by atoms with Crippen molar-refractivity contribution in [2.75, 3.05) is 7.11 Å². The molecule has 9 heteroatoms. The normalized spacial score (nSPS) is 15.0. The highest BCUT2D eigenvalue weighted by atomic mass is 32.1. The van der Waals surface area contributed by atoms with Gasteiger partial charge in [-0.2, -0.15) is 0 Å². The third kappa shape index (κ3) is 4.38. The Bertz CT molecular complexity index is 1430. The molecule has 0 spiro atoms. The summed E-state index contributed by atoms with van der Waals surface area (Å²) in [7, 11) is 1.40. The van der Waals surface area contributed by atoms with E-state index in [-0.39, 0.29) is 12.3 Å². The molecule has 0 atom stereocenters. The van der Waals surface area contributed by atoms with Crippen LogP contribution in [0.15, 0.2) is 34.0 Å². The van der Waals surface area contributed by atoms with Gasteiger partial charge in [0.2, 0.25) is 0 Å². The van der Waals surface area contributed by atoms with E-state index in [9.17, 15) is 23.9 Å². The number of hydrogen-bond donors (Lipinski definition) is 1. The highest BCUT2D eigenvalue weighted by Crippen LogP contribution is 2.37. The van der Waals surface area contributed by atoms with Gasteiger partial charge in [0.25, 0.3) is 5.56 Å². The molecular formula is C25H25FN2O5S. The molecule has 1 saturated carbocycles. The Morgan fingerprint density at radius 3 is 2.65 bits per heavy atom. The number of ether oxygens (including phenoxy) is 1. The topological polar surface area (TPSA) is 90.0 Å². The van der Waals surface area contributed by atoms with Crippen LogP contribution in [0, 0.1) is 30.0 Å². The first-order chi connectivity index (χ1) is 16.3. The van der Waals surface area contributed by atoms with E-state index in [0.717, 1.165) is 23.8 Å². The molecule has 0 unspecified atom stereocenters. The van der Waals surface area contributed by atoms with Gasteiger partial charge in [-0.3, -0.25) is 18.6 Å². The molecule has 0 aliphatic heterocycles. The maximum atomic E-state index is 13.9. The number of methoxy groups -OCH3 is 1. The standard InChI is InChI=1S/C25H25FN2O5S/c1-16-21(29)28(15-25(23(30)31)11-4-3-5-12-25)24(32)27-14-18(34-22(16)27)8-6-7-17-9-10-20(33-2)19(26)13-17/h9-10,13-14H,3-5,7,11-12,15H2,1-2H3,(H,30,31). The Kier molecular flexibility index (Phi) is 6.62. The van der Waals surface area contributed by atoms with Crippen molar-refractivity contribution in [1.29, 1.82) is 0 Å². The van der Waals surface area contributed by atoms with Crippen LogP contribution in [0.1, 0.15) is 48.1 Å². The van der Waals surface area contributed by atoms with Gasteiger partial charge >= 0.3 is 11.7 Å². The molecule has 0 saturated heterocycles. The summed E-state index contributed by atoms with van der Waals surface area (Å²) in [6.45, 7) is 1.50. The Morgan fingerprint density at radius 1 is 1.26 bits per heavy atom. The van der Waals surface area contributed by atoms with Gasteiger partial charge < -0.3 is 9.84 Å². The van der Waals surface area contributed by atoms with Crippen LogP contribution < -0.4 is 16.0 Å². The lowest BCUT2D eigenvalue weighted by Crippen LogP contribution is -2.46. The quantitative estimate of drug-likeness (QED) is 0.559. The number of nitrogens with zero attached hydrogens (tertiary/aromatic N) is 2. The summed E-state index contributed by atoms with van der Waals surface area (Å²) in [5.41, 5.74) is -1.06. The zero-order valence-corrected chi connectivity index (χ0v) is 19.8.